The van der Waals surface area contributed by atoms with Crippen molar-refractivity contribution in [3.05, 3.63) is 57.8 Å². The number of hydrogen-bond acceptors (Lipinski definition) is 6. The molecule has 2 N–H and O–H groups in total. The molecule has 0 spiro atoms. The highest BCUT2D eigenvalue weighted by atomic mass is 32.1. The third-order valence-corrected chi connectivity index (χ3v) is 5.74. The summed E-state index contributed by atoms with van der Waals surface area (Å²) in [4.78, 5) is 20.8. The molecule has 1 amide bonds. The van der Waals surface area contributed by atoms with E-state index in [4.69, 9.17) is 4.74 Å². The third-order valence-electron chi connectivity index (χ3n) is 4.58. The Labute approximate surface area is 161 Å². The Morgan fingerprint density at radius 1 is 1.37 bits per heavy atom. The Balaban J connectivity index is 1.40. The number of carbonyl (C=O) groups is 1. The number of thiazole rings is 1. The molecule has 8 heteroatoms. The second-order valence-corrected chi connectivity index (χ2v) is 7.54. The molecule has 2 aromatic heterocycles. The zero-order valence-electron chi connectivity index (χ0n) is 15.1. The third kappa shape index (κ3) is 4.17. The van der Waals surface area contributed by atoms with Crippen molar-refractivity contribution in [1.29, 1.82) is 0 Å². The van der Waals surface area contributed by atoms with E-state index < -0.39 is 0 Å². The molecule has 0 radical (unpaired) electrons. The summed E-state index contributed by atoms with van der Waals surface area (Å²) in [5, 5.41) is 10.3. The van der Waals surface area contributed by atoms with Gasteiger partial charge < -0.3 is 10.1 Å². The number of aromatic nitrogens is 3. The number of rotatable bonds is 5. The van der Waals surface area contributed by atoms with Crippen LogP contribution >= 0.6 is 11.3 Å². The zero-order valence-corrected chi connectivity index (χ0v) is 15.9. The van der Waals surface area contributed by atoms with Crippen LogP contribution in [0.5, 0.6) is 5.75 Å². The second-order valence-electron chi connectivity index (χ2n) is 6.46. The van der Waals surface area contributed by atoms with Crippen LogP contribution in [0, 0.1) is 0 Å². The number of nitrogens with zero attached hydrogens (tertiary/aromatic N) is 3. The van der Waals surface area contributed by atoms with Gasteiger partial charge in [-0.3, -0.25) is 14.8 Å². The average Bonchev–Trinajstić information content (AvgIpc) is 3.30. The first kappa shape index (κ1) is 17.7. The molecule has 0 atom stereocenters. The van der Waals surface area contributed by atoms with Crippen molar-refractivity contribution < 1.29 is 9.53 Å². The number of benzene rings is 1. The van der Waals surface area contributed by atoms with Crippen LogP contribution in [-0.2, 0) is 19.4 Å². The lowest BCUT2D eigenvalue weighted by Crippen LogP contribution is -2.25. The van der Waals surface area contributed by atoms with E-state index in [-0.39, 0.29) is 5.91 Å². The van der Waals surface area contributed by atoms with E-state index in [9.17, 15) is 4.79 Å². The molecule has 4 rings (SSSR count). The quantitative estimate of drug-likeness (QED) is 0.708. The van der Waals surface area contributed by atoms with E-state index >= 15 is 0 Å². The number of anilines is 1. The van der Waals surface area contributed by atoms with Gasteiger partial charge in [0.2, 0.25) is 0 Å². The number of ether oxygens (including phenoxy) is 1. The normalized spacial score (nSPS) is 14.4. The summed E-state index contributed by atoms with van der Waals surface area (Å²) in [7, 11) is 1.61. The van der Waals surface area contributed by atoms with Gasteiger partial charge in [-0.1, -0.05) is 6.07 Å². The van der Waals surface area contributed by atoms with Crippen LogP contribution in [0.2, 0.25) is 0 Å². The molecule has 0 fully saturated rings. The first-order valence-corrected chi connectivity index (χ1v) is 9.67. The van der Waals surface area contributed by atoms with E-state index in [1.54, 1.807) is 13.2 Å². The van der Waals surface area contributed by atoms with Crippen LogP contribution < -0.4 is 10.1 Å². The lowest BCUT2D eigenvalue weighted by atomic mass is 10.2. The number of carbonyl (C=O) groups excluding carboxylic acids is 1. The predicted octanol–water partition coefficient (Wildman–Crippen LogP) is 2.73. The van der Waals surface area contributed by atoms with Crippen molar-refractivity contribution in [3.8, 4) is 5.75 Å². The maximum atomic E-state index is 12.6. The van der Waals surface area contributed by atoms with Gasteiger partial charge in [0.05, 0.1) is 19.0 Å². The first-order valence-electron chi connectivity index (χ1n) is 8.85. The number of amides is 1. The van der Waals surface area contributed by atoms with Crippen molar-refractivity contribution in [1.82, 2.24) is 20.1 Å². The van der Waals surface area contributed by atoms with Crippen molar-refractivity contribution in [2.45, 2.75) is 19.4 Å². The van der Waals surface area contributed by atoms with Crippen LogP contribution in [0.1, 0.15) is 25.9 Å². The molecule has 0 bridgehead atoms. The molecule has 3 heterocycles. The lowest BCUT2D eigenvalue weighted by Gasteiger charge is -2.18. The zero-order chi connectivity index (χ0) is 18.6. The van der Waals surface area contributed by atoms with E-state index in [0.717, 1.165) is 38.2 Å². The number of nitrogens with one attached hydrogen (secondary N) is 2. The van der Waals surface area contributed by atoms with Crippen LogP contribution in [0.15, 0.2) is 36.7 Å². The summed E-state index contributed by atoms with van der Waals surface area (Å²) in [6, 6.07) is 7.33. The number of methoxy groups -OCH3 is 1. The van der Waals surface area contributed by atoms with Gasteiger partial charge in [0, 0.05) is 54.4 Å². The van der Waals surface area contributed by atoms with Crippen molar-refractivity contribution in [2.24, 2.45) is 0 Å². The molecular formula is C19H21N5O2S. The van der Waals surface area contributed by atoms with Gasteiger partial charge in [-0.15, -0.1) is 11.3 Å². The fourth-order valence-electron chi connectivity index (χ4n) is 3.17. The minimum absolute atomic E-state index is 0.170. The molecule has 0 saturated heterocycles. The van der Waals surface area contributed by atoms with E-state index in [1.807, 2.05) is 30.6 Å². The first-order chi connectivity index (χ1) is 13.2. The summed E-state index contributed by atoms with van der Waals surface area (Å²) in [5.74, 6) is 0.539. The summed E-state index contributed by atoms with van der Waals surface area (Å²) in [6.45, 7) is 2.77. The Kier molecular flexibility index (Phi) is 5.17. The average molecular weight is 383 g/mol. The molecule has 140 valence electrons. The Hall–Kier alpha value is -2.71. The standard InChI is InChI=1S/C19H21N5O2S/c1-26-15-4-2-3-14(9-15)22-18(25)19-23-16-5-7-24(8-6-17(16)27-19)12-13-10-20-21-11-13/h2-4,9-11H,5-8,12H2,1H3,(H,20,21)(H,22,25). The molecule has 1 aliphatic rings. The van der Waals surface area contributed by atoms with E-state index in [0.29, 0.717) is 16.4 Å². The molecule has 1 aliphatic heterocycles. The van der Waals surface area contributed by atoms with E-state index in [1.165, 1.54) is 21.8 Å². The van der Waals surface area contributed by atoms with Crippen LogP contribution in [-0.4, -0.2) is 46.2 Å². The number of aromatic amines is 1. The van der Waals surface area contributed by atoms with Gasteiger partial charge in [0.15, 0.2) is 5.01 Å². The maximum absolute atomic E-state index is 12.6. The van der Waals surface area contributed by atoms with Gasteiger partial charge in [0.25, 0.3) is 5.91 Å². The topological polar surface area (TPSA) is 83.1 Å². The lowest BCUT2D eigenvalue weighted by molar-refractivity contribution is 0.102. The summed E-state index contributed by atoms with van der Waals surface area (Å²) >= 11 is 1.50. The molecule has 0 saturated carbocycles. The SMILES string of the molecule is COc1cccc(NC(=O)c2nc3c(s2)CCN(Cc2cn[nH]c2)CC3)c1. The fourth-order valence-corrected chi connectivity index (χ4v) is 4.16. The van der Waals surface area contributed by atoms with Crippen LogP contribution in [0.3, 0.4) is 0 Å². The molecule has 3 aromatic rings. The van der Waals surface area contributed by atoms with Crippen molar-refractivity contribution >= 4 is 22.9 Å². The smallest absolute Gasteiger partial charge is 0.284 e. The number of fused-ring (bicyclic) bond motifs is 1. The highest BCUT2D eigenvalue weighted by Gasteiger charge is 2.21. The summed E-state index contributed by atoms with van der Waals surface area (Å²) < 4.78 is 5.19. The monoisotopic (exact) mass is 383 g/mol. The fraction of sp³-hybridized carbons (Fsp3) is 0.316. The van der Waals surface area contributed by atoms with Crippen molar-refractivity contribution in [2.75, 3.05) is 25.5 Å². The molecule has 0 aliphatic carbocycles. The molecular weight excluding hydrogens is 362 g/mol. The van der Waals surface area contributed by atoms with Crippen LogP contribution in [0.4, 0.5) is 5.69 Å². The molecule has 0 unspecified atom stereocenters. The van der Waals surface area contributed by atoms with Gasteiger partial charge >= 0.3 is 0 Å². The molecule has 27 heavy (non-hydrogen) atoms. The number of hydrogen-bond donors (Lipinski definition) is 2. The highest BCUT2D eigenvalue weighted by molar-refractivity contribution is 7.13. The second kappa shape index (κ2) is 7.89. The number of H-pyrrole nitrogens is 1. The largest absolute Gasteiger partial charge is 0.497 e. The molecule has 1 aromatic carbocycles. The van der Waals surface area contributed by atoms with Gasteiger partial charge in [0.1, 0.15) is 5.75 Å². The van der Waals surface area contributed by atoms with E-state index in [2.05, 4.69) is 25.4 Å². The van der Waals surface area contributed by atoms with Crippen LogP contribution in [0.25, 0.3) is 0 Å². The van der Waals surface area contributed by atoms with Gasteiger partial charge in [-0.2, -0.15) is 5.10 Å². The molecule has 7 nitrogen and oxygen atoms in total. The minimum atomic E-state index is -0.170. The Morgan fingerprint density at radius 3 is 3.07 bits per heavy atom. The maximum Gasteiger partial charge on any atom is 0.284 e. The van der Waals surface area contributed by atoms with Gasteiger partial charge in [-0.05, 0) is 18.6 Å². The Bertz CT molecular complexity index is 897. The minimum Gasteiger partial charge on any atom is -0.497 e. The summed E-state index contributed by atoms with van der Waals surface area (Å²) in [5.41, 5.74) is 2.94. The highest BCUT2D eigenvalue weighted by Crippen LogP contribution is 2.25. The Morgan fingerprint density at radius 2 is 2.26 bits per heavy atom. The van der Waals surface area contributed by atoms with Crippen molar-refractivity contribution in [3.63, 3.8) is 0 Å². The predicted molar refractivity (Wildman–Crippen MR) is 104 cm³/mol. The summed E-state index contributed by atoms with van der Waals surface area (Å²) in [6.07, 6.45) is 5.56. The van der Waals surface area contributed by atoms with Gasteiger partial charge in [-0.25, -0.2) is 4.98 Å².